The van der Waals surface area contributed by atoms with Crippen LogP contribution in [0.15, 0.2) is 53.9 Å². The van der Waals surface area contributed by atoms with E-state index in [1.54, 1.807) is 17.4 Å². The van der Waals surface area contributed by atoms with Crippen molar-refractivity contribution in [3.8, 4) is 0 Å². The van der Waals surface area contributed by atoms with Crippen LogP contribution in [-0.2, 0) is 6.54 Å². The van der Waals surface area contributed by atoms with Crippen LogP contribution in [0.5, 0.6) is 0 Å². The van der Waals surface area contributed by atoms with Gasteiger partial charge in [0.1, 0.15) is 5.69 Å². The van der Waals surface area contributed by atoms with E-state index in [2.05, 4.69) is 5.38 Å². The van der Waals surface area contributed by atoms with Gasteiger partial charge in [-0.1, -0.05) is 35.9 Å². The molecule has 2 aromatic heterocycles. The van der Waals surface area contributed by atoms with Gasteiger partial charge in [0.05, 0.1) is 0 Å². The van der Waals surface area contributed by atoms with Crippen molar-refractivity contribution in [1.29, 1.82) is 0 Å². The van der Waals surface area contributed by atoms with Gasteiger partial charge in [0.15, 0.2) is 0 Å². The van der Waals surface area contributed by atoms with Crippen LogP contribution in [0.4, 0.5) is 0 Å². The molecule has 0 saturated carbocycles. The Morgan fingerprint density at radius 1 is 1.17 bits per heavy atom. The average Bonchev–Trinajstić information content (AvgIpc) is 3.11. The van der Waals surface area contributed by atoms with E-state index in [0.29, 0.717) is 11.6 Å². The number of aromatic carboxylic acids is 1. The Balaban J connectivity index is 1.92. The minimum atomic E-state index is -0.924. The van der Waals surface area contributed by atoms with Crippen molar-refractivity contribution in [2.24, 2.45) is 0 Å². The summed E-state index contributed by atoms with van der Waals surface area (Å²) >= 11 is 7.97. The molecule has 0 unspecified atom stereocenters. The minimum Gasteiger partial charge on any atom is -0.477 e. The fourth-order valence-electron chi connectivity index (χ4n) is 2.95. The number of rotatable bonds is 3. The molecule has 0 amide bonds. The van der Waals surface area contributed by atoms with Gasteiger partial charge in [0.2, 0.25) is 0 Å². The smallest absolute Gasteiger partial charge is 0.352 e. The summed E-state index contributed by atoms with van der Waals surface area (Å²) < 4.78 is 2.95. The fraction of sp³-hybridized carbons (Fsp3) is 0.0556. The van der Waals surface area contributed by atoms with E-state index < -0.39 is 5.97 Å². The predicted octanol–water partition coefficient (Wildman–Crippen LogP) is 5.26. The second-order valence-electron chi connectivity index (χ2n) is 5.35. The molecule has 4 rings (SSSR count). The van der Waals surface area contributed by atoms with E-state index in [1.165, 1.54) is 0 Å². The molecular weight excluding hydrogens is 330 g/mol. The standard InChI is InChI=1S/C18H12ClNO2S/c19-13-5-3-7-16-17(13)12(10-23-16)9-20-14-6-2-1-4-11(14)8-15(20)18(21)22/h1-8,10H,9H2,(H,21,22). The Hall–Kier alpha value is -2.30. The monoisotopic (exact) mass is 341 g/mol. The molecule has 5 heteroatoms. The van der Waals surface area contributed by atoms with Gasteiger partial charge in [0, 0.05) is 32.6 Å². The summed E-state index contributed by atoms with van der Waals surface area (Å²) in [5.74, 6) is -0.924. The summed E-state index contributed by atoms with van der Waals surface area (Å²) in [6, 6.07) is 15.2. The number of hydrogen-bond acceptors (Lipinski definition) is 2. The van der Waals surface area contributed by atoms with E-state index in [0.717, 1.165) is 26.6 Å². The molecule has 0 saturated heterocycles. The summed E-state index contributed by atoms with van der Waals surface area (Å²) in [5.41, 5.74) is 2.24. The molecule has 3 nitrogen and oxygen atoms in total. The molecule has 114 valence electrons. The number of thiophene rings is 1. The third kappa shape index (κ3) is 2.31. The summed E-state index contributed by atoms with van der Waals surface area (Å²) in [4.78, 5) is 11.6. The van der Waals surface area contributed by atoms with Crippen molar-refractivity contribution in [3.05, 3.63) is 70.2 Å². The maximum Gasteiger partial charge on any atom is 0.352 e. The predicted molar refractivity (Wildman–Crippen MR) is 94.8 cm³/mol. The number of carboxylic acids is 1. The Bertz CT molecular complexity index is 1050. The van der Waals surface area contributed by atoms with Gasteiger partial charge in [-0.3, -0.25) is 0 Å². The van der Waals surface area contributed by atoms with Crippen molar-refractivity contribution in [1.82, 2.24) is 4.57 Å². The van der Waals surface area contributed by atoms with Crippen LogP contribution in [0.1, 0.15) is 16.1 Å². The second kappa shape index (κ2) is 5.41. The molecular formula is C18H12ClNO2S. The number of carboxylic acid groups (broad SMARTS) is 1. The molecule has 4 aromatic rings. The van der Waals surface area contributed by atoms with Gasteiger partial charge in [0.25, 0.3) is 0 Å². The number of nitrogens with zero attached hydrogens (tertiary/aromatic N) is 1. The van der Waals surface area contributed by atoms with E-state index in [9.17, 15) is 9.90 Å². The summed E-state index contributed by atoms with van der Waals surface area (Å²) in [7, 11) is 0. The lowest BCUT2D eigenvalue weighted by molar-refractivity contribution is 0.0686. The van der Waals surface area contributed by atoms with Gasteiger partial charge in [-0.2, -0.15) is 0 Å². The van der Waals surface area contributed by atoms with E-state index in [4.69, 9.17) is 11.6 Å². The van der Waals surface area contributed by atoms with Crippen LogP contribution in [0.2, 0.25) is 5.02 Å². The molecule has 0 radical (unpaired) electrons. The zero-order chi connectivity index (χ0) is 16.0. The van der Waals surface area contributed by atoms with Gasteiger partial charge in [-0.25, -0.2) is 4.79 Å². The Kier molecular flexibility index (Phi) is 3.36. The van der Waals surface area contributed by atoms with Gasteiger partial charge in [-0.15, -0.1) is 11.3 Å². The topological polar surface area (TPSA) is 42.2 Å². The zero-order valence-corrected chi connectivity index (χ0v) is 13.6. The van der Waals surface area contributed by atoms with Crippen LogP contribution in [0.3, 0.4) is 0 Å². The van der Waals surface area contributed by atoms with Crippen LogP contribution in [-0.4, -0.2) is 15.6 Å². The Labute approximate surface area is 141 Å². The second-order valence-corrected chi connectivity index (χ2v) is 6.67. The van der Waals surface area contributed by atoms with E-state index in [-0.39, 0.29) is 5.69 Å². The lowest BCUT2D eigenvalue weighted by atomic mass is 10.1. The quantitative estimate of drug-likeness (QED) is 0.552. The lowest BCUT2D eigenvalue weighted by Crippen LogP contribution is -2.09. The number of hydrogen-bond donors (Lipinski definition) is 1. The first-order chi connectivity index (χ1) is 11.1. The fourth-order valence-corrected chi connectivity index (χ4v) is 4.28. The van der Waals surface area contributed by atoms with E-state index in [1.807, 2.05) is 47.0 Å². The summed E-state index contributed by atoms with van der Waals surface area (Å²) in [6.07, 6.45) is 0. The largest absolute Gasteiger partial charge is 0.477 e. The molecule has 0 aliphatic rings. The van der Waals surface area contributed by atoms with E-state index >= 15 is 0 Å². The molecule has 23 heavy (non-hydrogen) atoms. The first-order valence-corrected chi connectivity index (χ1v) is 8.37. The molecule has 0 fully saturated rings. The van der Waals surface area contributed by atoms with Crippen LogP contribution >= 0.6 is 22.9 Å². The molecule has 0 aliphatic carbocycles. The number of fused-ring (bicyclic) bond motifs is 2. The third-order valence-corrected chi connectivity index (χ3v) is 5.29. The van der Waals surface area contributed by atoms with Gasteiger partial charge < -0.3 is 9.67 Å². The molecule has 0 atom stereocenters. The zero-order valence-electron chi connectivity index (χ0n) is 12.0. The highest BCUT2D eigenvalue weighted by atomic mass is 35.5. The van der Waals surface area contributed by atoms with Crippen LogP contribution < -0.4 is 0 Å². The van der Waals surface area contributed by atoms with Crippen molar-refractivity contribution in [2.75, 3.05) is 0 Å². The number of benzene rings is 2. The Morgan fingerprint density at radius 3 is 2.83 bits per heavy atom. The van der Waals surface area contributed by atoms with Crippen molar-refractivity contribution in [2.45, 2.75) is 6.54 Å². The molecule has 2 heterocycles. The molecule has 0 aliphatic heterocycles. The van der Waals surface area contributed by atoms with Crippen molar-refractivity contribution in [3.63, 3.8) is 0 Å². The lowest BCUT2D eigenvalue weighted by Gasteiger charge is -2.08. The SMILES string of the molecule is O=C(O)c1cc2ccccc2n1Cc1csc2cccc(Cl)c12. The third-order valence-electron chi connectivity index (χ3n) is 3.98. The van der Waals surface area contributed by atoms with Crippen molar-refractivity contribution >= 4 is 49.9 Å². The molecule has 0 spiro atoms. The molecule has 2 aromatic carbocycles. The Morgan fingerprint density at radius 2 is 2.00 bits per heavy atom. The number of halogens is 1. The van der Waals surface area contributed by atoms with Crippen LogP contribution in [0, 0.1) is 0 Å². The molecule has 1 N–H and O–H groups in total. The first kappa shape index (κ1) is 14.3. The normalized spacial score (nSPS) is 11.3. The summed E-state index contributed by atoms with van der Waals surface area (Å²) in [5, 5.41) is 14.2. The maximum absolute atomic E-state index is 11.6. The molecule has 0 bridgehead atoms. The number of para-hydroxylation sites is 1. The highest BCUT2D eigenvalue weighted by Crippen LogP contribution is 2.33. The van der Waals surface area contributed by atoms with Crippen LogP contribution in [0.25, 0.3) is 21.0 Å². The average molecular weight is 342 g/mol. The summed E-state index contributed by atoms with van der Waals surface area (Å²) in [6.45, 7) is 0.485. The first-order valence-electron chi connectivity index (χ1n) is 7.11. The number of aromatic nitrogens is 1. The highest BCUT2D eigenvalue weighted by molar-refractivity contribution is 7.17. The maximum atomic E-state index is 11.6. The minimum absolute atomic E-state index is 0.289. The van der Waals surface area contributed by atoms with Crippen molar-refractivity contribution < 1.29 is 9.90 Å². The van der Waals surface area contributed by atoms with Gasteiger partial charge >= 0.3 is 5.97 Å². The number of carbonyl (C=O) groups is 1. The highest BCUT2D eigenvalue weighted by Gasteiger charge is 2.16. The van der Waals surface area contributed by atoms with Gasteiger partial charge in [-0.05, 0) is 35.2 Å².